The first-order chi connectivity index (χ1) is 7.65. The summed E-state index contributed by atoms with van der Waals surface area (Å²) in [5.41, 5.74) is 8.91. The average Bonchev–Trinajstić information content (AvgIpc) is 2.56. The van der Waals surface area contributed by atoms with E-state index < -0.39 is 0 Å². The van der Waals surface area contributed by atoms with E-state index in [1.54, 1.807) is 0 Å². The molecule has 0 aliphatic heterocycles. The number of imidazole rings is 1. The molecule has 16 heavy (non-hydrogen) atoms. The van der Waals surface area contributed by atoms with E-state index in [1.807, 2.05) is 23.8 Å². The summed E-state index contributed by atoms with van der Waals surface area (Å²) >= 11 is 0. The largest absolute Gasteiger partial charge is 0.369 e. The topological polar surface area (TPSA) is 56.7 Å². The summed E-state index contributed by atoms with van der Waals surface area (Å²) in [5.74, 6) is 0.567. The molecule has 0 bridgehead atoms. The third-order valence-corrected chi connectivity index (χ3v) is 2.96. The van der Waals surface area contributed by atoms with Gasteiger partial charge in [0.25, 0.3) is 0 Å². The van der Waals surface area contributed by atoms with Crippen molar-refractivity contribution < 1.29 is 0 Å². The van der Waals surface area contributed by atoms with Gasteiger partial charge in [0.05, 0.1) is 0 Å². The first-order valence-electron chi connectivity index (χ1n) is 5.74. The van der Waals surface area contributed by atoms with Crippen molar-refractivity contribution in [1.29, 1.82) is 0 Å². The Balaban J connectivity index is 2.60. The highest BCUT2D eigenvalue weighted by Gasteiger charge is 2.15. The summed E-state index contributed by atoms with van der Waals surface area (Å²) in [7, 11) is 0. The molecule has 0 fully saturated rings. The number of fused-ring (bicyclic) bond motifs is 1. The SMILES string of the molecule is CCCC(C)n1c(N)nc2c(C)ccnc21. The minimum absolute atomic E-state index is 0.351. The molecule has 4 nitrogen and oxygen atoms in total. The molecule has 0 saturated heterocycles. The monoisotopic (exact) mass is 218 g/mol. The van der Waals surface area contributed by atoms with Gasteiger partial charge in [-0.2, -0.15) is 0 Å². The van der Waals surface area contributed by atoms with Crippen molar-refractivity contribution in [2.45, 2.75) is 39.7 Å². The Labute approximate surface area is 95.5 Å². The van der Waals surface area contributed by atoms with Crippen LogP contribution < -0.4 is 5.73 Å². The van der Waals surface area contributed by atoms with Gasteiger partial charge in [0.1, 0.15) is 5.52 Å². The Morgan fingerprint density at radius 3 is 2.94 bits per heavy atom. The molecular weight excluding hydrogens is 200 g/mol. The van der Waals surface area contributed by atoms with E-state index in [0.717, 1.165) is 29.6 Å². The van der Waals surface area contributed by atoms with Gasteiger partial charge >= 0.3 is 0 Å². The van der Waals surface area contributed by atoms with Crippen LogP contribution in [-0.2, 0) is 0 Å². The zero-order valence-corrected chi connectivity index (χ0v) is 10.1. The number of rotatable bonds is 3. The van der Waals surface area contributed by atoms with Gasteiger partial charge in [-0.05, 0) is 31.9 Å². The van der Waals surface area contributed by atoms with E-state index >= 15 is 0 Å². The van der Waals surface area contributed by atoms with Crippen LogP contribution in [-0.4, -0.2) is 14.5 Å². The van der Waals surface area contributed by atoms with E-state index in [0.29, 0.717) is 12.0 Å². The minimum Gasteiger partial charge on any atom is -0.369 e. The van der Waals surface area contributed by atoms with Crippen LogP contribution in [0.2, 0.25) is 0 Å². The van der Waals surface area contributed by atoms with Crippen LogP contribution in [0.15, 0.2) is 12.3 Å². The number of pyridine rings is 1. The Hall–Kier alpha value is -1.58. The van der Waals surface area contributed by atoms with Crippen LogP contribution in [0.4, 0.5) is 5.95 Å². The number of aromatic nitrogens is 3. The molecule has 2 N–H and O–H groups in total. The van der Waals surface area contributed by atoms with Crippen LogP contribution >= 0.6 is 0 Å². The van der Waals surface area contributed by atoms with Gasteiger partial charge < -0.3 is 5.73 Å². The second kappa shape index (κ2) is 4.12. The van der Waals surface area contributed by atoms with Gasteiger partial charge in [0, 0.05) is 12.2 Å². The lowest BCUT2D eigenvalue weighted by atomic mass is 10.2. The highest BCUT2D eigenvalue weighted by Crippen LogP contribution is 2.25. The fourth-order valence-electron chi connectivity index (χ4n) is 2.11. The first kappa shape index (κ1) is 10.9. The maximum atomic E-state index is 5.97. The molecule has 1 atom stereocenters. The quantitative estimate of drug-likeness (QED) is 0.861. The van der Waals surface area contributed by atoms with Crippen molar-refractivity contribution in [1.82, 2.24) is 14.5 Å². The van der Waals surface area contributed by atoms with E-state index in [9.17, 15) is 0 Å². The number of anilines is 1. The highest BCUT2D eigenvalue weighted by atomic mass is 15.2. The summed E-state index contributed by atoms with van der Waals surface area (Å²) in [6.45, 7) is 6.36. The Kier molecular flexibility index (Phi) is 2.81. The van der Waals surface area contributed by atoms with Crippen LogP contribution in [0.1, 0.15) is 38.3 Å². The average molecular weight is 218 g/mol. The van der Waals surface area contributed by atoms with E-state index in [4.69, 9.17) is 5.73 Å². The molecule has 0 amide bonds. The molecule has 2 aromatic rings. The lowest BCUT2D eigenvalue weighted by Crippen LogP contribution is -2.09. The lowest BCUT2D eigenvalue weighted by molar-refractivity contribution is 0.516. The molecule has 0 radical (unpaired) electrons. The molecule has 2 rings (SSSR count). The molecular formula is C12H18N4. The highest BCUT2D eigenvalue weighted by molar-refractivity contribution is 5.77. The molecule has 1 unspecified atom stereocenters. The van der Waals surface area contributed by atoms with Crippen molar-refractivity contribution in [2.75, 3.05) is 5.73 Å². The van der Waals surface area contributed by atoms with E-state index in [1.165, 1.54) is 0 Å². The van der Waals surface area contributed by atoms with Crippen LogP contribution in [0, 0.1) is 6.92 Å². The first-order valence-corrected chi connectivity index (χ1v) is 5.74. The second-order valence-electron chi connectivity index (χ2n) is 4.28. The predicted octanol–water partition coefficient (Wildman–Crippen LogP) is 2.68. The van der Waals surface area contributed by atoms with Crippen molar-refractivity contribution in [3.05, 3.63) is 17.8 Å². The van der Waals surface area contributed by atoms with Gasteiger partial charge in [0.15, 0.2) is 5.65 Å². The molecule has 0 aliphatic rings. The fourth-order valence-corrected chi connectivity index (χ4v) is 2.11. The van der Waals surface area contributed by atoms with Crippen molar-refractivity contribution in [3.8, 4) is 0 Å². The number of hydrogen-bond acceptors (Lipinski definition) is 3. The fraction of sp³-hybridized carbons (Fsp3) is 0.500. The number of aryl methyl sites for hydroxylation is 1. The number of nitrogen functional groups attached to an aromatic ring is 1. The summed E-state index contributed by atoms with van der Waals surface area (Å²) in [6.07, 6.45) is 4.03. The van der Waals surface area contributed by atoms with Crippen molar-refractivity contribution in [3.63, 3.8) is 0 Å². The van der Waals surface area contributed by atoms with Crippen LogP contribution in [0.5, 0.6) is 0 Å². The molecule has 86 valence electrons. The molecule has 0 spiro atoms. The third kappa shape index (κ3) is 1.64. The standard InChI is InChI=1S/C12H18N4/c1-4-5-9(3)16-11-10(15-12(16)13)8(2)6-7-14-11/h6-7,9H,4-5H2,1-3H3,(H2,13,15). The van der Waals surface area contributed by atoms with Gasteiger partial charge in [-0.1, -0.05) is 13.3 Å². The third-order valence-electron chi connectivity index (χ3n) is 2.96. The lowest BCUT2D eigenvalue weighted by Gasteiger charge is -2.14. The van der Waals surface area contributed by atoms with Gasteiger partial charge in [0.2, 0.25) is 5.95 Å². The summed E-state index contributed by atoms with van der Waals surface area (Å²) in [6, 6.07) is 2.31. The van der Waals surface area contributed by atoms with Gasteiger partial charge in [-0.3, -0.25) is 4.57 Å². The zero-order valence-electron chi connectivity index (χ0n) is 10.1. The summed E-state index contributed by atoms with van der Waals surface area (Å²) in [4.78, 5) is 8.78. The summed E-state index contributed by atoms with van der Waals surface area (Å²) < 4.78 is 2.03. The predicted molar refractivity (Wildman–Crippen MR) is 66.3 cm³/mol. The van der Waals surface area contributed by atoms with Crippen molar-refractivity contribution in [2.24, 2.45) is 0 Å². The maximum Gasteiger partial charge on any atom is 0.202 e. The van der Waals surface area contributed by atoms with E-state index in [2.05, 4.69) is 23.8 Å². The van der Waals surface area contributed by atoms with Crippen LogP contribution in [0.25, 0.3) is 11.2 Å². The molecule has 0 aliphatic carbocycles. The Morgan fingerprint density at radius 2 is 2.25 bits per heavy atom. The van der Waals surface area contributed by atoms with Crippen LogP contribution in [0.3, 0.4) is 0 Å². The summed E-state index contributed by atoms with van der Waals surface area (Å²) in [5, 5.41) is 0. The Bertz CT molecular complexity index is 501. The second-order valence-corrected chi connectivity index (χ2v) is 4.28. The van der Waals surface area contributed by atoms with Crippen molar-refractivity contribution >= 4 is 17.1 Å². The number of nitrogens with two attached hydrogens (primary N) is 1. The zero-order chi connectivity index (χ0) is 11.7. The van der Waals surface area contributed by atoms with E-state index in [-0.39, 0.29) is 0 Å². The molecule has 2 aromatic heterocycles. The molecule has 0 aromatic carbocycles. The number of nitrogens with zero attached hydrogens (tertiary/aromatic N) is 3. The van der Waals surface area contributed by atoms with Gasteiger partial charge in [-0.25, -0.2) is 9.97 Å². The maximum absolute atomic E-state index is 5.97. The van der Waals surface area contributed by atoms with Gasteiger partial charge in [-0.15, -0.1) is 0 Å². The number of hydrogen-bond donors (Lipinski definition) is 1. The molecule has 2 heterocycles. The normalized spacial score (nSPS) is 13.2. The Morgan fingerprint density at radius 1 is 1.50 bits per heavy atom. The molecule has 0 saturated carbocycles. The smallest absolute Gasteiger partial charge is 0.202 e. The molecule has 4 heteroatoms. The minimum atomic E-state index is 0.351.